The Morgan fingerprint density at radius 3 is 2.68 bits per heavy atom. The lowest BCUT2D eigenvalue weighted by Crippen LogP contribution is -2.39. The van der Waals surface area contributed by atoms with Crippen molar-refractivity contribution in [2.24, 2.45) is 0 Å². The van der Waals surface area contributed by atoms with Gasteiger partial charge in [-0.3, -0.25) is 14.5 Å². The highest BCUT2D eigenvalue weighted by Gasteiger charge is 2.26. The lowest BCUT2D eigenvalue weighted by Gasteiger charge is -2.30. The Balaban J connectivity index is 1.13. The highest BCUT2D eigenvalue weighted by Crippen LogP contribution is 2.30. The third-order valence-electron chi connectivity index (χ3n) is 6.36. The predicted octanol–water partition coefficient (Wildman–Crippen LogP) is 4.49. The third-order valence-corrected chi connectivity index (χ3v) is 7.54. The van der Waals surface area contributed by atoms with Crippen LogP contribution >= 0.6 is 23.4 Å². The number of carbonyl (C=O) groups is 2. The molecule has 1 aromatic heterocycles. The number of hydrogen-bond donors (Lipinski definition) is 1. The van der Waals surface area contributed by atoms with Gasteiger partial charge < -0.3 is 14.6 Å². The standard InChI is InChI=1S/C25H27ClN4O3S/c26-19-4-5-22-21(15-19)28-24(33-22)17-6-8-29(9-7-17)16-23(31)27-20-3-1-2-18(14-20)25(32)30-10-12-34-13-11-30/h1-5,14-15,17H,6-13,16H2,(H,27,31). The van der Waals surface area contributed by atoms with Gasteiger partial charge in [-0.1, -0.05) is 17.7 Å². The van der Waals surface area contributed by atoms with Crippen LogP contribution < -0.4 is 5.32 Å². The summed E-state index contributed by atoms with van der Waals surface area (Å²) < 4.78 is 5.93. The Hall–Kier alpha value is -2.55. The SMILES string of the molecule is O=C(CN1CCC(c2nc3cc(Cl)ccc3o2)CC1)Nc1cccc(C(=O)N2CCSCC2)c1. The van der Waals surface area contributed by atoms with E-state index in [2.05, 4.69) is 15.2 Å². The van der Waals surface area contributed by atoms with Gasteiger partial charge in [-0.15, -0.1) is 0 Å². The van der Waals surface area contributed by atoms with Crippen LogP contribution in [-0.2, 0) is 4.79 Å². The van der Waals surface area contributed by atoms with Crippen LogP contribution in [-0.4, -0.2) is 70.8 Å². The summed E-state index contributed by atoms with van der Waals surface area (Å²) in [5.41, 5.74) is 2.80. The van der Waals surface area contributed by atoms with Gasteiger partial charge in [-0.25, -0.2) is 4.98 Å². The number of nitrogens with zero attached hydrogens (tertiary/aromatic N) is 3. The van der Waals surface area contributed by atoms with Crippen LogP contribution in [0.5, 0.6) is 0 Å². The molecule has 178 valence electrons. The number of rotatable bonds is 5. The average molecular weight is 499 g/mol. The summed E-state index contributed by atoms with van der Waals surface area (Å²) in [7, 11) is 0. The largest absolute Gasteiger partial charge is 0.440 e. The predicted molar refractivity (Wildman–Crippen MR) is 136 cm³/mol. The monoisotopic (exact) mass is 498 g/mol. The maximum atomic E-state index is 12.8. The summed E-state index contributed by atoms with van der Waals surface area (Å²) in [6, 6.07) is 12.7. The van der Waals surface area contributed by atoms with Gasteiger partial charge in [0, 0.05) is 46.8 Å². The van der Waals surface area contributed by atoms with Crippen molar-refractivity contribution in [1.82, 2.24) is 14.8 Å². The van der Waals surface area contributed by atoms with Crippen LogP contribution in [0.3, 0.4) is 0 Å². The minimum Gasteiger partial charge on any atom is -0.440 e. The van der Waals surface area contributed by atoms with Gasteiger partial charge in [0.05, 0.1) is 6.54 Å². The molecule has 0 atom stereocenters. The number of halogens is 1. The van der Waals surface area contributed by atoms with Crippen molar-refractivity contribution in [1.29, 1.82) is 0 Å². The first-order chi connectivity index (χ1) is 16.5. The quantitative estimate of drug-likeness (QED) is 0.558. The van der Waals surface area contributed by atoms with E-state index in [0.29, 0.717) is 22.8 Å². The van der Waals surface area contributed by atoms with Crippen molar-refractivity contribution in [3.05, 3.63) is 58.9 Å². The molecule has 0 unspecified atom stereocenters. The highest BCUT2D eigenvalue weighted by molar-refractivity contribution is 7.99. The first-order valence-electron chi connectivity index (χ1n) is 11.6. The van der Waals surface area contributed by atoms with Gasteiger partial charge in [0.15, 0.2) is 11.5 Å². The van der Waals surface area contributed by atoms with Gasteiger partial charge in [0.25, 0.3) is 5.91 Å². The second-order valence-corrected chi connectivity index (χ2v) is 10.4. The zero-order valence-corrected chi connectivity index (χ0v) is 20.4. The van der Waals surface area contributed by atoms with E-state index < -0.39 is 0 Å². The summed E-state index contributed by atoms with van der Waals surface area (Å²) in [4.78, 5) is 34.1. The summed E-state index contributed by atoms with van der Waals surface area (Å²) in [6.45, 7) is 3.45. The van der Waals surface area contributed by atoms with Gasteiger partial charge in [0.2, 0.25) is 5.91 Å². The zero-order chi connectivity index (χ0) is 23.5. The maximum Gasteiger partial charge on any atom is 0.253 e. The van der Waals surface area contributed by atoms with Gasteiger partial charge in [-0.2, -0.15) is 11.8 Å². The van der Waals surface area contributed by atoms with E-state index in [1.165, 1.54) is 0 Å². The van der Waals surface area contributed by atoms with Gasteiger partial charge in [-0.05, 0) is 62.3 Å². The van der Waals surface area contributed by atoms with Crippen molar-refractivity contribution < 1.29 is 14.0 Å². The summed E-state index contributed by atoms with van der Waals surface area (Å²) in [6.07, 6.45) is 1.76. The number of piperidine rings is 1. The number of benzene rings is 2. The number of aromatic nitrogens is 1. The van der Waals surface area contributed by atoms with Crippen molar-refractivity contribution >= 4 is 52.0 Å². The molecule has 7 nitrogen and oxygen atoms in total. The molecule has 2 aliphatic rings. The van der Waals surface area contributed by atoms with Crippen LogP contribution in [0.15, 0.2) is 46.9 Å². The van der Waals surface area contributed by atoms with E-state index in [4.69, 9.17) is 16.0 Å². The average Bonchev–Trinajstić information content (AvgIpc) is 3.28. The number of fused-ring (bicyclic) bond motifs is 1. The van der Waals surface area contributed by atoms with Crippen LogP contribution in [0.4, 0.5) is 5.69 Å². The molecular formula is C25H27ClN4O3S. The summed E-state index contributed by atoms with van der Waals surface area (Å²) >= 11 is 7.92. The molecule has 0 spiro atoms. The van der Waals surface area contributed by atoms with Crippen LogP contribution in [0, 0.1) is 0 Å². The Labute approximate surface area is 207 Å². The molecule has 2 saturated heterocycles. The normalized spacial score (nSPS) is 17.7. The van der Waals surface area contributed by atoms with Crippen molar-refractivity contribution in [2.45, 2.75) is 18.8 Å². The first kappa shape index (κ1) is 23.2. The molecule has 3 aromatic rings. The topological polar surface area (TPSA) is 78.7 Å². The number of oxazole rings is 1. The zero-order valence-electron chi connectivity index (χ0n) is 18.8. The number of amides is 2. The van der Waals surface area contributed by atoms with Gasteiger partial charge >= 0.3 is 0 Å². The van der Waals surface area contributed by atoms with E-state index in [1.54, 1.807) is 12.1 Å². The number of likely N-dealkylation sites (tertiary alicyclic amines) is 1. The van der Waals surface area contributed by atoms with E-state index in [9.17, 15) is 9.59 Å². The van der Waals surface area contributed by atoms with E-state index in [-0.39, 0.29) is 17.7 Å². The number of anilines is 1. The fraction of sp³-hybridized carbons (Fsp3) is 0.400. The lowest BCUT2D eigenvalue weighted by molar-refractivity contribution is -0.117. The minimum absolute atomic E-state index is 0.0277. The smallest absolute Gasteiger partial charge is 0.253 e. The minimum atomic E-state index is -0.0751. The summed E-state index contributed by atoms with van der Waals surface area (Å²) in [5.74, 6) is 2.88. The molecule has 2 aliphatic heterocycles. The second kappa shape index (κ2) is 10.4. The lowest BCUT2D eigenvalue weighted by atomic mass is 9.97. The van der Waals surface area contributed by atoms with Crippen molar-refractivity contribution in [3.63, 3.8) is 0 Å². The fourth-order valence-electron chi connectivity index (χ4n) is 4.51. The molecule has 5 rings (SSSR count). The molecule has 2 aromatic carbocycles. The molecule has 0 bridgehead atoms. The number of hydrogen-bond acceptors (Lipinski definition) is 6. The molecule has 3 heterocycles. The molecule has 34 heavy (non-hydrogen) atoms. The highest BCUT2D eigenvalue weighted by atomic mass is 35.5. The fourth-order valence-corrected chi connectivity index (χ4v) is 5.58. The Morgan fingerprint density at radius 2 is 1.88 bits per heavy atom. The van der Waals surface area contributed by atoms with E-state index in [0.717, 1.165) is 67.5 Å². The number of thioether (sulfide) groups is 1. The maximum absolute atomic E-state index is 12.8. The molecule has 2 amide bonds. The number of nitrogens with one attached hydrogen (secondary N) is 1. The molecule has 9 heteroatoms. The molecule has 0 radical (unpaired) electrons. The summed E-state index contributed by atoms with van der Waals surface area (Å²) in [5, 5.41) is 3.60. The molecule has 1 N–H and O–H groups in total. The first-order valence-corrected chi connectivity index (χ1v) is 13.1. The van der Waals surface area contributed by atoms with Crippen molar-refractivity contribution in [3.8, 4) is 0 Å². The molecular weight excluding hydrogens is 472 g/mol. The van der Waals surface area contributed by atoms with Crippen molar-refractivity contribution in [2.75, 3.05) is 49.5 Å². The molecule has 0 saturated carbocycles. The third kappa shape index (κ3) is 5.40. The molecule has 0 aliphatic carbocycles. The number of carbonyl (C=O) groups excluding carboxylic acids is 2. The Morgan fingerprint density at radius 1 is 1.09 bits per heavy atom. The van der Waals surface area contributed by atoms with Crippen LogP contribution in [0.1, 0.15) is 35.0 Å². The van der Waals surface area contributed by atoms with Crippen LogP contribution in [0.25, 0.3) is 11.1 Å². The Bertz CT molecular complexity index is 1190. The van der Waals surface area contributed by atoms with E-state index in [1.807, 2.05) is 47.0 Å². The van der Waals surface area contributed by atoms with E-state index >= 15 is 0 Å². The second-order valence-electron chi connectivity index (χ2n) is 8.75. The van der Waals surface area contributed by atoms with Gasteiger partial charge in [0.1, 0.15) is 5.52 Å². The molecule has 2 fully saturated rings. The Kier molecular flexibility index (Phi) is 7.08. The van der Waals surface area contributed by atoms with Crippen LogP contribution in [0.2, 0.25) is 5.02 Å².